The van der Waals surface area contributed by atoms with Gasteiger partial charge in [-0.25, -0.2) is 0 Å². The summed E-state index contributed by atoms with van der Waals surface area (Å²) >= 11 is 8.69. The van der Waals surface area contributed by atoms with Gasteiger partial charge in [-0.2, -0.15) is 0 Å². The molecule has 1 aromatic heterocycles. The SMILES string of the molecule is CCCCOc1ccc(C(O)=C2C(=O)C(=O)N(c3nnc(SCc4ccc(Cl)cc4)s3)C2c2ccc(OCCCC)c(OCC)c2)cc1. The van der Waals surface area contributed by atoms with Crippen molar-refractivity contribution in [3.05, 3.63) is 94.0 Å². The number of rotatable bonds is 16. The maximum absolute atomic E-state index is 13.8. The Labute approximate surface area is 293 Å². The van der Waals surface area contributed by atoms with Crippen LogP contribution in [-0.4, -0.2) is 46.8 Å². The summed E-state index contributed by atoms with van der Waals surface area (Å²) in [7, 11) is 0. The van der Waals surface area contributed by atoms with Crippen molar-refractivity contribution in [3.8, 4) is 17.2 Å². The molecule has 3 aromatic carbocycles. The number of Topliss-reactive ketones (excluding diaryl/α,β-unsaturated/α-hetero) is 1. The zero-order valence-electron chi connectivity index (χ0n) is 27.1. The molecule has 1 N–H and O–H groups in total. The van der Waals surface area contributed by atoms with Crippen LogP contribution in [0.5, 0.6) is 17.2 Å². The van der Waals surface area contributed by atoms with E-state index in [4.69, 9.17) is 25.8 Å². The fourth-order valence-corrected chi connectivity index (χ4v) is 6.99. The minimum Gasteiger partial charge on any atom is -0.507 e. The van der Waals surface area contributed by atoms with Gasteiger partial charge in [0.2, 0.25) is 5.13 Å². The Hall–Kier alpha value is -4.06. The molecule has 1 atom stereocenters. The van der Waals surface area contributed by atoms with Crippen LogP contribution < -0.4 is 19.1 Å². The summed E-state index contributed by atoms with van der Waals surface area (Å²) in [5, 5.41) is 21.2. The van der Waals surface area contributed by atoms with E-state index in [2.05, 4.69) is 24.0 Å². The van der Waals surface area contributed by atoms with Crippen molar-refractivity contribution in [2.75, 3.05) is 24.7 Å². The van der Waals surface area contributed by atoms with Gasteiger partial charge in [-0.15, -0.1) is 10.2 Å². The van der Waals surface area contributed by atoms with Crippen LogP contribution in [-0.2, 0) is 15.3 Å². The molecule has 5 rings (SSSR count). The van der Waals surface area contributed by atoms with Crippen LogP contribution >= 0.6 is 34.7 Å². The third kappa shape index (κ3) is 8.32. The van der Waals surface area contributed by atoms with Gasteiger partial charge in [0.25, 0.3) is 5.78 Å². The highest BCUT2D eigenvalue weighted by molar-refractivity contribution is 8.00. The third-order valence-corrected chi connectivity index (χ3v) is 9.93. The molecular weight excluding hydrogens is 670 g/mol. The molecule has 1 aliphatic heterocycles. The lowest BCUT2D eigenvalue weighted by Gasteiger charge is -2.23. The number of halogens is 1. The molecule has 1 saturated heterocycles. The molecule has 4 aromatic rings. The van der Waals surface area contributed by atoms with Crippen LogP contribution in [0.25, 0.3) is 5.76 Å². The number of carbonyl (C=O) groups excluding carboxylic acids is 2. The van der Waals surface area contributed by atoms with E-state index in [9.17, 15) is 14.7 Å². The first-order valence-electron chi connectivity index (χ1n) is 16.0. The van der Waals surface area contributed by atoms with Crippen LogP contribution in [0.3, 0.4) is 0 Å². The van der Waals surface area contributed by atoms with Crippen LogP contribution in [0.1, 0.15) is 69.2 Å². The number of nitrogens with zero attached hydrogens (tertiary/aromatic N) is 3. The summed E-state index contributed by atoms with van der Waals surface area (Å²) in [5.74, 6) is 0.352. The van der Waals surface area contributed by atoms with Crippen molar-refractivity contribution >= 4 is 57.3 Å². The number of aliphatic hydroxyl groups excluding tert-OH is 1. The Balaban J connectivity index is 1.53. The Morgan fingerprint density at radius 1 is 0.896 bits per heavy atom. The lowest BCUT2D eigenvalue weighted by atomic mass is 9.95. The molecule has 1 fully saturated rings. The van der Waals surface area contributed by atoms with E-state index >= 15 is 0 Å². The van der Waals surface area contributed by atoms with E-state index in [1.54, 1.807) is 42.5 Å². The largest absolute Gasteiger partial charge is 0.507 e. The Morgan fingerprint density at radius 3 is 2.29 bits per heavy atom. The Kier molecular flexibility index (Phi) is 12.4. The lowest BCUT2D eigenvalue weighted by molar-refractivity contribution is -0.132. The first-order valence-corrected chi connectivity index (χ1v) is 18.2. The molecule has 2 heterocycles. The van der Waals surface area contributed by atoms with Gasteiger partial charge in [0.05, 0.1) is 31.4 Å². The number of unbranched alkanes of at least 4 members (excludes halogenated alkanes) is 2. The number of hydrogen-bond donors (Lipinski definition) is 1. The topological polar surface area (TPSA) is 111 Å². The summed E-state index contributed by atoms with van der Waals surface area (Å²) in [6.07, 6.45) is 3.78. The summed E-state index contributed by atoms with van der Waals surface area (Å²) in [4.78, 5) is 28.9. The van der Waals surface area contributed by atoms with Crippen molar-refractivity contribution in [1.82, 2.24) is 10.2 Å². The monoisotopic (exact) mass is 707 g/mol. The zero-order valence-corrected chi connectivity index (χ0v) is 29.5. The molecule has 0 bridgehead atoms. The highest BCUT2D eigenvalue weighted by atomic mass is 35.5. The van der Waals surface area contributed by atoms with Crippen LogP contribution in [0, 0.1) is 0 Å². The van der Waals surface area contributed by atoms with Gasteiger partial charge in [0.15, 0.2) is 15.8 Å². The maximum Gasteiger partial charge on any atom is 0.301 e. The van der Waals surface area contributed by atoms with Crippen LogP contribution in [0.2, 0.25) is 5.02 Å². The van der Waals surface area contributed by atoms with Crippen molar-refractivity contribution in [3.63, 3.8) is 0 Å². The predicted molar refractivity (Wildman–Crippen MR) is 191 cm³/mol. The quantitative estimate of drug-likeness (QED) is 0.0305. The third-order valence-electron chi connectivity index (χ3n) is 7.56. The van der Waals surface area contributed by atoms with Crippen molar-refractivity contribution in [2.24, 2.45) is 0 Å². The van der Waals surface area contributed by atoms with E-state index in [0.717, 1.165) is 31.2 Å². The summed E-state index contributed by atoms with van der Waals surface area (Å²) in [5.41, 5.74) is 1.91. The molecule has 12 heteroatoms. The number of thioether (sulfide) groups is 1. The van der Waals surface area contributed by atoms with E-state index in [1.165, 1.54) is 28.0 Å². The number of aliphatic hydroxyl groups is 1. The lowest BCUT2D eigenvalue weighted by Crippen LogP contribution is -2.29. The summed E-state index contributed by atoms with van der Waals surface area (Å²) in [6, 6.07) is 18.6. The Morgan fingerprint density at radius 2 is 1.60 bits per heavy atom. The number of anilines is 1. The number of aromatic nitrogens is 2. The van der Waals surface area contributed by atoms with E-state index in [-0.39, 0.29) is 16.5 Å². The minimum absolute atomic E-state index is 0.0627. The second kappa shape index (κ2) is 16.9. The van der Waals surface area contributed by atoms with Crippen LogP contribution in [0.15, 0.2) is 76.6 Å². The second-order valence-corrected chi connectivity index (χ2v) is 13.6. The maximum atomic E-state index is 13.8. The number of amides is 1. The van der Waals surface area contributed by atoms with E-state index in [0.29, 0.717) is 63.3 Å². The highest BCUT2D eigenvalue weighted by Gasteiger charge is 2.48. The number of hydrogen-bond acceptors (Lipinski definition) is 10. The second-order valence-electron chi connectivity index (χ2n) is 11.0. The Bertz CT molecular complexity index is 1740. The van der Waals surface area contributed by atoms with Gasteiger partial charge in [-0.05, 0) is 79.4 Å². The molecule has 1 unspecified atom stereocenters. The van der Waals surface area contributed by atoms with Crippen molar-refractivity contribution in [2.45, 2.75) is 62.6 Å². The molecule has 48 heavy (non-hydrogen) atoms. The molecule has 1 amide bonds. The molecule has 0 spiro atoms. The smallest absolute Gasteiger partial charge is 0.301 e. The first kappa shape index (κ1) is 35.3. The standard InChI is InChI=1S/C36H38ClN3O6S2/c1-4-7-19-45-27-16-11-24(12-17-27)32(41)30-31(25-13-18-28(46-20-8-5-2)29(21-25)44-6-3)40(34(43)33(30)42)35-38-39-36(48-35)47-22-23-9-14-26(37)15-10-23/h9-18,21,31,41H,4-8,19-20,22H2,1-3H3. The number of carbonyl (C=O) groups is 2. The molecule has 0 saturated carbocycles. The fourth-order valence-electron chi connectivity index (χ4n) is 5.04. The minimum atomic E-state index is -1.00. The number of benzene rings is 3. The van der Waals surface area contributed by atoms with Gasteiger partial charge in [0, 0.05) is 16.3 Å². The number of ketones is 1. The van der Waals surface area contributed by atoms with E-state index < -0.39 is 17.7 Å². The highest BCUT2D eigenvalue weighted by Crippen LogP contribution is 2.46. The van der Waals surface area contributed by atoms with Gasteiger partial charge in [-0.1, -0.05) is 79.6 Å². The number of ether oxygens (including phenoxy) is 3. The molecule has 9 nitrogen and oxygen atoms in total. The fraction of sp³-hybridized carbons (Fsp3) is 0.333. The molecule has 252 valence electrons. The first-order chi connectivity index (χ1) is 23.3. The molecule has 0 aliphatic carbocycles. The van der Waals surface area contributed by atoms with Gasteiger partial charge >= 0.3 is 5.91 Å². The molecule has 1 aliphatic rings. The van der Waals surface area contributed by atoms with E-state index in [1.807, 2.05) is 31.2 Å². The van der Waals surface area contributed by atoms with Gasteiger partial charge < -0.3 is 19.3 Å². The zero-order chi connectivity index (χ0) is 34.0. The summed E-state index contributed by atoms with van der Waals surface area (Å²) < 4.78 is 18.3. The molecular formula is C36H38ClN3O6S2. The summed E-state index contributed by atoms with van der Waals surface area (Å²) in [6.45, 7) is 7.52. The average Bonchev–Trinajstić information content (AvgIpc) is 3.67. The normalized spacial score (nSPS) is 15.6. The van der Waals surface area contributed by atoms with Gasteiger partial charge in [0.1, 0.15) is 11.5 Å². The van der Waals surface area contributed by atoms with Gasteiger partial charge in [-0.3, -0.25) is 14.5 Å². The van der Waals surface area contributed by atoms with Crippen molar-refractivity contribution < 1.29 is 28.9 Å². The van der Waals surface area contributed by atoms with Crippen molar-refractivity contribution in [1.29, 1.82) is 0 Å². The predicted octanol–water partition coefficient (Wildman–Crippen LogP) is 8.87. The average molecular weight is 708 g/mol. The van der Waals surface area contributed by atoms with Crippen LogP contribution in [0.4, 0.5) is 5.13 Å². The molecule has 0 radical (unpaired) electrons.